The molecular formula is C14H16FNO5S2. The predicted molar refractivity (Wildman–Crippen MR) is 85.5 cm³/mol. The summed E-state index contributed by atoms with van der Waals surface area (Å²) in [5, 5.41) is 2.30. The number of amides is 1. The number of thioether (sulfide) groups is 1. The van der Waals surface area contributed by atoms with Gasteiger partial charge in [-0.2, -0.15) is 0 Å². The van der Waals surface area contributed by atoms with E-state index in [4.69, 9.17) is 4.74 Å². The second-order valence-corrected chi connectivity index (χ2v) is 8.57. The molecule has 0 radical (unpaired) electrons. The van der Waals surface area contributed by atoms with Crippen LogP contribution in [0.2, 0.25) is 0 Å². The van der Waals surface area contributed by atoms with Crippen LogP contribution in [0, 0.1) is 5.82 Å². The van der Waals surface area contributed by atoms with Gasteiger partial charge in [0.15, 0.2) is 16.4 Å². The van der Waals surface area contributed by atoms with Crippen LogP contribution in [0.25, 0.3) is 0 Å². The van der Waals surface area contributed by atoms with Gasteiger partial charge in [-0.05, 0) is 24.6 Å². The number of halogens is 1. The molecule has 0 saturated carbocycles. The van der Waals surface area contributed by atoms with E-state index in [0.29, 0.717) is 6.42 Å². The summed E-state index contributed by atoms with van der Waals surface area (Å²) in [5.74, 6) is -1.43. The molecule has 1 fully saturated rings. The Morgan fingerprint density at radius 2 is 2.17 bits per heavy atom. The fourth-order valence-corrected chi connectivity index (χ4v) is 5.47. The molecule has 1 aliphatic rings. The first kappa shape index (κ1) is 17.7. The fraction of sp³-hybridized carbons (Fsp3) is 0.429. The lowest BCUT2D eigenvalue weighted by atomic mass is 10.3. The van der Waals surface area contributed by atoms with E-state index >= 15 is 0 Å². The largest absolute Gasteiger partial charge is 0.455 e. The molecule has 0 bridgehead atoms. The number of carbonyl (C=O) groups excluding carboxylic acids is 2. The molecule has 1 aromatic carbocycles. The van der Waals surface area contributed by atoms with E-state index in [2.05, 4.69) is 5.32 Å². The van der Waals surface area contributed by atoms with Crippen LogP contribution in [0.5, 0.6) is 0 Å². The molecule has 23 heavy (non-hydrogen) atoms. The molecule has 1 saturated heterocycles. The van der Waals surface area contributed by atoms with Crippen LogP contribution in [0.1, 0.15) is 6.42 Å². The van der Waals surface area contributed by atoms with E-state index < -0.39 is 34.1 Å². The molecule has 1 N–H and O–H groups in total. The summed E-state index contributed by atoms with van der Waals surface area (Å²) in [6.07, 6.45) is 0.528. The number of nitrogens with one attached hydrogen (secondary N) is 1. The first-order valence-electron chi connectivity index (χ1n) is 6.87. The quantitative estimate of drug-likeness (QED) is 0.767. The average Bonchev–Trinajstić information content (AvgIpc) is 2.82. The van der Waals surface area contributed by atoms with E-state index in [0.717, 1.165) is 6.07 Å². The zero-order chi connectivity index (χ0) is 16.9. The SMILES string of the molecule is O=C(COC(=O)CS[C@H]1CCS(=O)(=O)C1)Nc1cccc(F)c1. The lowest BCUT2D eigenvalue weighted by Crippen LogP contribution is -2.22. The van der Waals surface area contributed by atoms with Crippen LogP contribution in [-0.4, -0.2) is 49.4 Å². The molecule has 1 aromatic rings. The van der Waals surface area contributed by atoms with Crippen LogP contribution in [0.15, 0.2) is 24.3 Å². The van der Waals surface area contributed by atoms with E-state index in [1.807, 2.05) is 0 Å². The molecule has 9 heteroatoms. The van der Waals surface area contributed by atoms with Gasteiger partial charge in [0.1, 0.15) is 5.82 Å². The number of benzene rings is 1. The molecule has 0 spiro atoms. The van der Waals surface area contributed by atoms with Gasteiger partial charge in [0.05, 0.1) is 17.3 Å². The van der Waals surface area contributed by atoms with Crippen LogP contribution in [-0.2, 0) is 24.2 Å². The Hall–Kier alpha value is -1.61. The van der Waals surface area contributed by atoms with Crippen LogP contribution >= 0.6 is 11.8 Å². The summed E-state index contributed by atoms with van der Waals surface area (Å²) < 4.78 is 40.3. The fourth-order valence-electron chi connectivity index (χ4n) is 2.03. The maximum absolute atomic E-state index is 13.0. The number of anilines is 1. The maximum atomic E-state index is 13.0. The third kappa shape index (κ3) is 6.19. The maximum Gasteiger partial charge on any atom is 0.316 e. The van der Waals surface area contributed by atoms with Crippen molar-refractivity contribution in [3.63, 3.8) is 0 Å². The first-order chi connectivity index (χ1) is 10.8. The minimum absolute atomic E-state index is 0.00652. The van der Waals surface area contributed by atoms with Crippen molar-refractivity contribution in [2.75, 3.05) is 29.2 Å². The lowest BCUT2D eigenvalue weighted by molar-refractivity contribution is -0.144. The molecule has 0 unspecified atom stereocenters. The van der Waals surface area contributed by atoms with E-state index in [-0.39, 0.29) is 28.2 Å². The number of esters is 1. The summed E-state index contributed by atoms with van der Waals surface area (Å²) in [7, 11) is -2.97. The first-order valence-corrected chi connectivity index (χ1v) is 9.74. The number of rotatable bonds is 6. The minimum Gasteiger partial charge on any atom is -0.455 e. The van der Waals surface area contributed by atoms with Crippen molar-refractivity contribution in [3.8, 4) is 0 Å². The van der Waals surface area contributed by atoms with Crippen LogP contribution in [0.3, 0.4) is 0 Å². The summed E-state index contributed by atoms with van der Waals surface area (Å²) in [6, 6.07) is 5.36. The summed E-state index contributed by atoms with van der Waals surface area (Å²) in [5.41, 5.74) is 0.275. The zero-order valence-electron chi connectivity index (χ0n) is 12.2. The molecule has 126 valence electrons. The van der Waals surface area contributed by atoms with Crippen molar-refractivity contribution < 1.29 is 27.1 Å². The molecule has 2 rings (SSSR count). The second-order valence-electron chi connectivity index (χ2n) is 5.06. The number of hydrogen-bond acceptors (Lipinski definition) is 6. The zero-order valence-corrected chi connectivity index (χ0v) is 13.8. The number of sulfone groups is 1. The molecule has 0 aliphatic carbocycles. The highest BCUT2D eigenvalue weighted by atomic mass is 32.2. The molecule has 1 aliphatic heterocycles. The van der Waals surface area contributed by atoms with Crippen LogP contribution < -0.4 is 5.32 Å². The third-order valence-corrected chi connectivity index (χ3v) is 6.36. The van der Waals surface area contributed by atoms with Gasteiger partial charge in [-0.3, -0.25) is 9.59 Å². The van der Waals surface area contributed by atoms with Gasteiger partial charge in [-0.25, -0.2) is 12.8 Å². The topological polar surface area (TPSA) is 89.5 Å². The highest BCUT2D eigenvalue weighted by Crippen LogP contribution is 2.24. The van der Waals surface area contributed by atoms with Gasteiger partial charge in [0.25, 0.3) is 5.91 Å². The van der Waals surface area contributed by atoms with Crippen molar-refractivity contribution in [1.82, 2.24) is 0 Å². The molecule has 0 aromatic heterocycles. The Bertz CT molecular complexity index is 692. The normalized spacial score (nSPS) is 19.3. The highest BCUT2D eigenvalue weighted by molar-refractivity contribution is 8.02. The Morgan fingerprint density at radius 1 is 1.39 bits per heavy atom. The minimum atomic E-state index is -2.97. The standard InChI is InChI=1S/C14H16FNO5S2/c15-10-2-1-3-11(6-10)16-13(17)7-21-14(18)8-22-12-4-5-23(19,20)9-12/h1-3,6,12H,4-5,7-9H2,(H,16,17)/t12-/m0/s1. The van der Waals surface area contributed by atoms with Crippen LogP contribution in [0.4, 0.5) is 10.1 Å². The van der Waals surface area contributed by atoms with E-state index in [1.54, 1.807) is 0 Å². The van der Waals surface area contributed by atoms with Gasteiger partial charge in [-0.1, -0.05) is 6.07 Å². The Balaban J connectivity index is 1.67. The molecule has 1 atom stereocenters. The van der Waals surface area contributed by atoms with Gasteiger partial charge in [0, 0.05) is 10.9 Å². The third-order valence-electron chi connectivity index (χ3n) is 3.10. The number of carbonyl (C=O) groups is 2. The van der Waals surface area contributed by atoms with Crippen molar-refractivity contribution in [2.24, 2.45) is 0 Å². The Kier molecular flexibility index (Phi) is 6.00. The second kappa shape index (κ2) is 7.78. The Labute approximate surface area is 137 Å². The highest BCUT2D eigenvalue weighted by Gasteiger charge is 2.28. The number of hydrogen-bond donors (Lipinski definition) is 1. The molecular weight excluding hydrogens is 345 g/mol. The summed E-state index contributed by atoms with van der Waals surface area (Å²) >= 11 is 1.22. The molecule has 1 amide bonds. The molecule has 1 heterocycles. The van der Waals surface area contributed by atoms with Gasteiger partial charge < -0.3 is 10.1 Å². The summed E-state index contributed by atoms with van der Waals surface area (Å²) in [6.45, 7) is -0.473. The van der Waals surface area contributed by atoms with Crippen molar-refractivity contribution in [2.45, 2.75) is 11.7 Å². The van der Waals surface area contributed by atoms with Gasteiger partial charge in [-0.15, -0.1) is 11.8 Å². The summed E-state index contributed by atoms with van der Waals surface area (Å²) in [4.78, 5) is 23.1. The number of ether oxygens (including phenoxy) is 1. The smallest absolute Gasteiger partial charge is 0.316 e. The Morgan fingerprint density at radius 3 is 2.83 bits per heavy atom. The van der Waals surface area contributed by atoms with Gasteiger partial charge >= 0.3 is 5.97 Å². The molecule has 6 nitrogen and oxygen atoms in total. The van der Waals surface area contributed by atoms with Crippen molar-refractivity contribution in [1.29, 1.82) is 0 Å². The predicted octanol–water partition coefficient (Wildman–Crippen LogP) is 1.23. The van der Waals surface area contributed by atoms with Gasteiger partial charge in [0.2, 0.25) is 0 Å². The van der Waals surface area contributed by atoms with Crippen molar-refractivity contribution >= 4 is 39.2 Å². The van der Waals surface area contributed by atoms with E-state index in [1.165, 1.54) is 30.0 Å². The van der Waals surface area contributed by atoms with Crippen molar-refractivity contribution in [3.05, 3.63) is 30.1 Å². The average molecular weight is 361 g/mol. The lowest BCUT2D eigenvalue weighted by Gasteiger charge is -2.08. The van der Waals surface area contributed by atoms with E-state index in [9.17, 15) is 22.4 Å². The monoisotopic (exact) mass is 361 g/mol.